The molecule has 0 radical (unpaired) electrons. The van der Waals surface area contributed by atoms with Gasteiger partial charge in [0.05, 0.1) is 0 Å². The van der Waals surface area contributed by atoms with Crippen LogP contribution < -0.4 is 5.73 Å². The van der Waals surface area contributed by atoms with Crippen LogP contribution in [0.3, 0.4) is 0 Å². The Morgan fingerprint density at radius 2 is 1.19 bits per heavy atom. The highest BCUT2D eigenvalue weighted by molar-refractivity contribution is 5.39. The number of nitrogens with zero attached hydrogens (tertiary/aromatic N) is 1. The first-order valence-corrected chi connectivity index (χ1v) is 12.4. The van der Waals surface area contributed by atoms with Gasteiger partial charge in [0.2, 0.25) is 0 Å². The third-order valence-corrected chi connectivity index (χ3v) is 7.40. The van der Waals surface area contributed by atoms with Crippen LogP contribution in [0.4, 0.5) is 0 Å². The van der Waals surface area contributed by atoms with E-state index < -0.39 is 0 Å². The van der Waals surface area contributed by atoms with Gasteiger partial charge in [0.25, 0.3) is 0 Å². The Bertz CT molecular complexity index is 860. The van der Waals surface area contributed by atoms with Crippen LogP contribution in [0.25, 0.3) is 0 Å². The molecule has 1 heterocycles. The molecule has 2 heteroatoms. The molecule has 0 amide bonds. The first kappa shape index (κ1) is 22.8. The largest absolute Gasteiger partial charge is 0.330 e. The van der Waals surface area contributed by atoms with Crippen LogP contribution in [0.5, 0.6) is 0 Å². The zero-order valence-corrected chi connectivity index (χ0v) is 19.3. The minimum Gasteiger partial charge on any atom is -0.330 e. The highest BCUT2D eigenvalue weighted by Gasteiger charge is 2.33. The average molecular weight is 427 g/mol. The monoisotopic (exact) mass is 426 g/mol. The second-order valence-electron chi connectivity index (χ2n) is 9.34. The predicted octanol–water partition coefficient (Wildman–Crippen LogP) is 6.37. The molecule has 2 nitrogen and oxygen atoms in total. The lowest BCUT2D eigenvalue weighted by Crippen LogP contribution is -2.35. The fourth-order valence-corrected chi connectivity index (χ4v) is 5.61. The van der Waals surface area contributed by atoms with Crippen LogP contribution in [0.15, 0.2) is 91.0 Å². The number of nitrogens with two attached hydrogens (primary N) is 1. The Morgan fingerprint density at radius 1 is 0.688 bits per heavy atom. The van der Waals surface area contributed by atoms with Crippen LogP contribution >= 0.6 is 0 Å². The third kappa shape index (κ3) is 5.49. The van der Waals surface area contributed by atoms with Gasteiger partial charge >= 0.3 is 0 Å². The lowest BCUT2D eigenvalue weighted by molar-refractivity contribution is 0.203. The standard InChI is InChI=1S/C30H38N2/c31-22-10-20-30(28-14-6-2-7-15-28,29-16-8-3-9-17-29)21-11-23-32-24-18-27(19-25-32)26-12-4-1-5-13-26/h1-9,12-17,27H,10-11,18-25,31H2. The molecule has 1 aliphatic rings. The van der Waals surface area contributed by atoms with Gasteiger partial charge in [-0.3, -0.25) is 0 Å². The van der Waals surface area contributed by atoms with Crippen molar-refractivity contribution in [3.8, 4) is 0 Å². The molecule has 0 atom stereocenters. The second-order valence-corrected chi connectivity index (χ2v) is 9.34. The summed E-state index contributed by atoms with van der Waals surface area (Å²) in [6.45, 7) is 4.36. The molecule has 32 heavy (non-hydrogen) atoms. The summed E-state index contributed by atoms with van der Waals surface area (Å²) in [6.07, 6.45) is 7.09. The van der Waals surface area contributed by atoms with Crippen molar-refractivity contribution in [3.05, 3.63) is 108 Å². The maximum Gasteiger partial charge on any atom is 0.0203 e. The van der Waals surface area contributed by atoms with Crippen molar-refractivity contribution in [3.63, 3.8) is 0 Å². The Balaban J connectivity index is 1.43. The molecule has 0 bridgehead atoms. The summed E-state index contributed by atoms with van der Waals surface area (Å²) in [6, 6.07) is 33.3. The molecule has 0 spiro atoms. The molecule has 0 saturated carbocycles. The molecule has 4 rings (SSSR count). The maximum absolute atomic E-state index is 5.99. The van der Waals surface area contributed by atoms with Gasteiger partial charge in [-0.2, -0.15) is 0 Å². The van der Waals surface area contributed by atoms with Gasteiger partial charge < -0.3 is 10.6 Å². The number of hydrogen-bond acceptors (Lipinski definition) is 2. The fraction of sp³-hybridized carbons (Fsp3) is 0.400. The lowest BCUT2D eigenvalue weighted by atomic mass is 9.68. The van der Waals surface area contributed by atoms with E-state index in [2.05, 4.69) is 95.9 Å². The van der Waals surface area contributed by atoms with E-state index in [1.165, 1.54) is 62.0 Å². The highest BCUT2D eigenvalue weighted by atomic mass is 15.1. The smallest absolute Gasteiger partial charge is 0.0203 e. The minimum absolute atomic E-state index is 0.0459. The van der Waals surface area contributed by atoms with Gasteiger partial charge in [0.15, 0.2) is 0 Å². The summed E-state index contributed by atoms with van der Waals surface area (Å²) < 4.78 is 0. The third-order valence-electron chi connectivity index (χ3n) is 7.40. The molecule has 0 unspecified atom stereocenters. The van der Waals surface area contributed by atoms with Gasteiger partial charge in [-0.1, -0.05) is 91.0 Å². The van der Waals surface area contributed by atoms with E-state index in [4.69, 9.17) is 5.73 Å². The SMILES string of the molecule is NCCCC(CCCN1CCC(c2ccccc2)CC1)(c1ccccc1)c1ccccc1. The highest BCUT2D eigenvalue weighted by Crippen LogP contribution is 2.41. The van der Waals surface area contributed by atoms with Crippen molar-refractivity contribution < 1.29 is 0 Å². The predicted molar refractivity (Wildman–Crippen MR) is 136 cm³/mol. The number of piperidine rings is 1. The van der Waals surface area contributed by atoms with E-state index in [1.807, 2.05) is 0 Å². The maximum atomic E-state index is 5.99. The topological polar surface area (TPSA) is 29.3 Å². The number of benzene rings is 3. The van der Waals surface area contributed by atoms with Gasteiger partial charge in [-0.05, 0) is 87.3 Å². The summed E-state index contributed by atoms with van der Waals surface area (Å²) in [5.41, 5.74) is 10.4. The zero-order chi connectivity index (χ0) is 22.1. The van der Waals surface area contributed by atoms with Crippen LogP contribution in [0, 0.1) is 0 Å². The van der Waals surface area contributed by atoms with E-state index in [-0.39, 0.29) is 5.41 Å². The fourth-order valence-electron chi connectivity index (χ4n) is 5.61. The molecule has 1 fully saturated rings. The molecule has 1 aliphatic heterocycles. The summed E-state index contributed by atoms with van der Waals surface area (Å²) in [7, 11) is 0. The van der Waals surface area contributed by atoms with Crippen molar-refractivity contribution >= 4 is 0 Å². The van der Waals surface area contributed by atoms with Crippen LogP contribution in [0.1, 0.15) is 61.1 Å². The van der Waals surface area contributed by atoms with Crippen molar-refractivity contribution in [2.75, 3.05) is 26.2 Å². The molecular weight excluding hydrogens is 388 g/mol. The molecule has 0 aliphatic carbocycles. The first-order valence-electron chi connectivity index (χ1n) is 12.4. The van der Waals surface area contributed by atoms with Gasteiger partial charge in [-0.25, -0.2) is 0 Å². The molecule has 2 N–H and O–H groups in total. The quantitative estimate of drug-likeness (QED) is 0.408. The van der Waals surface area contributed by atoms with Crippen molar-refractivity contribution in [2.45, 2.75) is 49.9 Å². The Labute approximate surface area is 194 Å². The Kier molecular flexibility index (Phi) is 8.14. The number of rotatable bonds is 10. The van der Waals surface area contributed by atoms with Gasteiger partial charge in [0.1, 0.15) is 0 Å². The Hall–Kier alpha value is -2.42. The zero-order valence-electron chi connectivity index (χ0n) is 19.3. The molecule has 1 saturated heterocycles. The number of likely N-dealkylation sites (tertiary alicyclic amines) is 1. The van der Waals surface area contributed by atoms with Gasteiger partial charge in [0, 0.05) is 5.41 Å². The van der Waals surface area contributed by atoms with Crippen molar-refractivity contribution in [2.24, 2.45) is 5.73 Å². The van der Waals surface area contributed by atoms with Gasteiger partial charge in [-0.15, -0.1) is 0 Å². The normalized spacial score (nSPS) is 15.7. The molecule has 3 aromatic rings. The second kappa shape index (κ2) is 11.4. The van der Waals surface area contributed by atoms with Crippen LogP contribution in [-0.2, 0) is 5.41 Å². The van der Waals surface area contributed by atoms with Crippen LogP contribution in [0.2, 0.25) is 0 Å². The van der Waals surface area contributed by atoms with Crippen LogP contribution in [-0.4, -0.2) is 31.1 Å². The van der Waals surface area contributed by atoms with E-state index in [0.29, 0.717) is 0 Å². The summed E-state index contributed by atoms with van der Waals surface area (Å²) in [5.74, 6) is 0.727. The average Bonchev–Trinajstić information content (AvgIpc) is 2.88. The number of hydrogen-bond donors (Lipinski definition) is 1. The molecule has 3 aromatic carbocycles. The van der Waals surface area contributed by atoms with E-state index in [1.54, 1.807) is 0 Å². The summed E-state index contributed by atoms with van der Waals surface area (Å²) in [5, 5.41) is 0. The molecule has 168 valence electrons. The van der Waals surface area contributed by atoms with Crippen molar-refractivity contribution in [1.82, 2.24) is 4.90 Å². The summed E-state index contributed by atoms with van der Waals surface area (Å²) in [4.78, 5) is 2.68. The first-order chi connectivity index (χ1) is 15.8. The van der Waals surface area contributed by atoms with E-state index in [9.17, 15) is 0 Å². The van der Waals surface area contributed by atoms with E-state index in [0.717, 1.165) is 25.3 Å². The Morgan fingerprint density at radius 3 is 1.72 bits per heavy atom. The van der Waals surface area contributed by atoms with E-state index >= 15 is 0 Å². The molecule has 0 aromatic heterocycles. The lowest BCUT2D eigenvalue weighted by Gasteiger charge is -2.37. The minimum atomic E-state index is 0.0459. The summed E-state index contributed by atoms with van der Waals surface area (Å²) >= 11 is 0. The molecular formula is C30H38N2. The van der Waals surface area contributed by atoms with Crippen molar-refractivity contribution in [1.29, 1.82) is 0 Å².